The minimum atomic E-state index is 0. The molecular weight excluding hydrogens is 249 g/mol. The van der Waals surface area contributed by atoms with Crippen molar-refractivity contribution in [2.45, 2.75) is 0 Å². The zero-order chi connectivity index (χ0) is 9.80. The van der Waals surface area contributed by atoms with Crippen LogP contribution < -0.4 is 10.2 Å². The Morgan fingerprint density at radius 2 is 1.88 bits per heavy atom. The number of hydrogen-bond donors (Lipinski definition) is 1. The van der Waals surface area contributed by atoms with E-state index in [-0.39, 0.29) is 24.8 Å². The van der Waals surface area contributed by atoms with Gasteiger partial charge < -0.3 is 10.2 Å². The van der Waals surface area contributed by atoms with Gasteiger partial charge in [0, 0.05) is 26.2 Å². The van der Waals surface area contributed by atoms with Crippen LogP contribution in [0, 0.1) is 11.3 Å². The van der Waals surface area contributed by atoms with Crippen molar-refractivity contribution in [3.05, 3.63) is 17.8 Å². The number of anilines is 1. The third-order valence-corrected chi connectivity index (χ3v) is 2.21. The Kier molecular flexibility index (Phi) is 6.74. The molecule has 0 radical (unpaired) electrons. The van der Waals surface area contributed by atoms with Crippen LogP contribution in [0.5, 0.6) is 0 Å². The molecule has 1 fully saturated rings. The van der Waals surface area contributed by atoms with Crippen molar-refractivity contribution in [3.63, 3.8) is 0 Å². The lowest BCUT2D eigenvalue weighted by Crippen LogP contribution is -2.43. The van der Waals surface area contributed by atoms with Crippen molar-refractivity contribution in [3.8, 4) is 6.07 Å². The Morgan fingerprint density at radius 1 is 1.19 bits per heavy atom. The Hall–Kier alpha value is -1.09. The molecule has 0 unspecified atom stereocenters. The summed E-state index contributed by atoms with van der Waals surface area (Å²) in [6.07, 6.45) is 0. The molecule has 88 valence electrons. The highest BCUT2D eigenvalue weighted by Crippen LogP contribution is 2.09. The lowest BCUT2D eigenvalue weighted by Gasteiger charge is -2.27. The number of hydrogen-bond acceptors (Lipinski definition) is 5. The molecule has 0 amide bonds. The molecule has 1 aromatic heterocycles. The van der Waals surface area contributed by atoms with Crippen LogP contribution in [0.25, 0.3) is 0 Å². The summed E-state index contributed by atoms with van der Waals surface area (Å²) in [5, 5.41) is 19.6. The van der Waals surface area contributed by atoms with Crippen molar-refractivity contribution in [1.29, 1.82) is 5.26 Å². The fourth-order valence-electron chi connectivity index (χ4n) is 1.45. The molecule has 0 saturated carbocycles. The molecule has 1 N–H and O–H groups in total. The third-order valence-electron chi connectivity index (χ3n) is 2.21. The van der Waals surface area contributed by atoms with E-state index < -0.39 is 0 Å². The molecule has 0 spiro atoms. The van der Waals surface area contributed by atoms with Gasteiger partial charge >= 0.3 is 0 Å². The van der Waals surface area contributed by atoms with E-state index in [9.17, 15) is 0 Å². The van der Waals surface area contributed by atoms with Crippen LogP contribution >= 0.6 is 24.8 Å². The standard InChI is InChI=1S/C9H11N5.2ClH/c10-7-8-1-2-9(13-12-8)14-5-3-11-4-6-14;;/h1-2,11H,3-6H2;2*1H. The molecule has 0 aromatic carbocycles. The molecular formula is C9H13Cl2N5. The molecule has 1 aliphatic heterocycles. The summed E-state index contributed by atoms with van der Waals surface area (Å²) in [5.74, 6) is 0.852. The number of nitrogens with one attached hydrogen (secondary N) is 1. The Balaban J connectivity index is 0.00000112. The van der Waals surface area contributed by atoms with Crippen LogP contribution in [0.4, 0.5) is 5.82 Å². The first-order valence-corrected chi connectivity index (χ1v) is 4.59. The van der Waals surface area contributed by atoms with Crippen LogP contribution in [-0.2, 0) is 0 Å². The topological polar surface area (TPSA) is 64.8 Å². The second-order valence-electron chi connectivity index (χ2n) is 3.13. The number of nitrogens with zero attached hydrogens (tertiary/aromatic N) is 4. The average Bonchev–Trinajstić information content (AvgIpc) is 2.30. The number of piperazine rings is 1. The van der Waals surface area contributed by atoms with Crippen molar-refractivity contribution in [2.75, 3.05) is 31.1 Å². The van der Waals surface area contributed by atoms with Gasteiger partial charge in [-0.25, -0.2) is 0 Å². The van der Waals surface area contributed by atoms with Crippen LogP contribution in [-0.4, -0.2) is 36.4 Å². The molecule has 1 aromatic rings. The van der Waals surface area contributed by atoms with Gasteiger partial charge in [-0.3, -0.25) is 0 Å². The number of nitriles is 1. The van der Waals surface area contributed by atoms with E-state index in [0.717, 1.165) is 32.0 Å². The highest BCUT2D eigenvalue weighted by Gasteiger charge is 2.11. The van der Waals surface area contributed by atoms with Crippen LogP contribution in [0.3, 0.4) is 0 Å². The van der Waals surface area contributed by atoms with Crippen molar-refractivity contribution in [1.82, 2.24) is 15.5 Å². The highest BCUT2D eigenvalue weighted by molar-refractivity contribution is 5.85. The second kappa shape index (κ2) is 7.23. The molecule has 7 heteroatoms. The maximum absolute atomic E-state index is 8.56. The van der Waals surface area contributed by atoms with Gasteiger partial charge in [0.15, 0.2) is 11.5 Å². The Morgan fingerprint density at radius 3 is 2.38 bits per heavy atom. The van der Waals surface area contributed by atoms with Gasteiger partial charge in [-0.1, -0.05) is 0 Å². The quantitative estimate of drug-likeness (QED) is 0.803. The summed E-state index contributed by atoms with van der Waals surface area (Å²) < 4.78 is 0. The van der Waals surface area contributed by atoms with Gasteiger partial charge in [-0.15, -0.1) is 35.0 Å². The van der Waals surface area contributed by atoms with Gasteiger partial charge in [0.1, 0.15) is 6.07 Å². The Bertz CT molecular complexity index is 342. The largest absolute Gasteiger partial charge is 0.353 e. The van der Waals surface area contributed by atoms with E-state index in [4.69, 9.17) is 5.26 Å². The first kappa shape index (κ1) is 14.9. The first-order chi connectivity index (χ1) is 6.90. The maximum atomic E-state index is 8.56. The predicted octanol–water partition coefficient (Wildman–Crippen LogP) is 0.601. The number of rotatable bonds is 1. The van der Waals surface area contributed by atoms with Gasteiger partial charge in [0.25, 0.3) is 0 Å². The van der Waals surface area contributed by atoms with Gasteiger partial charge in [0.05, 0.1) is 0 Å². The molecule has 5 nitrogen and oxygen atoms in total. The Labute approximate surface area is 107 Å². The zero-order valence-electron chi connectivity index (χ0n) is 8.59. The summed E-state index contributed by atoms with van der Waals surface area (Å²) >= 11 is 0. The summed E-state index contributed by atoms with van der Waals surface area (Å²) in [6, 6.07) is 5.50. The van der Waals surface area contributed by atoms with E-state index in [2.05, 4.69) is 20.4 Å². The fourth-order valence-corrected chi connectivity index (χ4v) is 1.45. The minimum Gasteiger partial charge on any atom is -0.353 e. The van der Waals surface area contributed by atoms with E-state index in [1.54, 1.807) is 6.07 Å². The summed E-state index contributed by atoms with van der Waals surface area (Å²) in [7, 11) is 0. The normalized spacial score (nSPS) is 14.3. The smallest absolute Gasteiger partial charge is 0.163 e. The average molecular weight is 262 g/mol. The first-order valence-electron chi connectivity index (χ1n) is 4.59. The third kappa shape index (κ3) is 3.49. The summed E-state index contributed by atoms with van der Waals surface area (Å²) in [6.45, 7) is 3.84. The van der Waals surface area contributed by atoms with Crippen molar-refractivity contribution < 1.29 is 0 Å². The van der Waals surface area contributed by atoms with Crippen LogP contribution in [0.2, 0.25) is 0 Å². The molecule has 0 bridgehead atoms. The number of aromatic nitrogens is 2. The fraction of sp³-hybridized carbons (Fsp3) is 0.444. The van der Waals surface area contributed by atoms with E-state index in [1.165, 1.54) is 0 Å². The van der Waals surface area contributed by atoms with Crippen LogP contribution in [0.1, 0.15) is 5.69 Å². The molecule has 2 rings (SSSR count). The summed E-state index contributed by atoms with van der Waals surface area (Å²) in [4.78, 5) is 2.16. The SMILES string of the molecule is Cl.Cl.N#Cc1ccc(N2CCNCC2)nn1. The van der Waals surface area contributed by atoms with Gasteiger partial charge in [-0.2, -0.15) is 5.26 Å². The highest BCUT2D eigenvalue weighted by atomic mass is 35.5. The monoisotopic (exact) mass is 261 g/mol. The maximum Gasteiger partial charge on any atom is 0.163 e. The van der Waals surface area contributed by atoms with Crippen molar-refractivity contribution in [2.24, 2.45) is 0 Å². The van der Waals surface area contributed by atoms with E-state index in [1.807, 2.05) is 12.1 Å². The molecule has 2 heterocycles. The van der Waals surface area contributed by atoms with Crippen LogP contribution in [0.15, 0.2) is 12.1 Å². The van der Waals surface area contributed by atoms with Gasteiger partial charge in [0.2, 0.25) is 0 Å². The van der Waals surface area contributed by atoms with Gasteiger partial charge in [-0.05, 0) is 12.1 Å². The predicted molar refractivity (Wildman–Crippen MR) is 66.3 cm³/mol. The van der Waals surface area contributed by atoms with E-state index in [0.29, 0.717) is 5.69 Å². The molecule has 16 heavy (non-hydrogen) atoms. The van der Waals surface area contributed by atoms with Crippen molar-refractivity contribution >= 4 is 30.6 Å². The minimum absolute atomic E-state index is 0. The molecule has 0 aliphatic carbocycles. The lowest BCUT2D eigenvalue weighted by molar-refractivity contribution is 0.582. The summed E-state index contributed by atoms with van der Waals surface area (Å²) in [5.41, 5.74) is 0.365. The molecule has 1 aliphatic rings. The second-order valence-corrected chi connectivity index (χ2v) is 3.13. The van der Waals surface area contributed by atoms with E-state index >= 15 is 0 Å². The molecule has 0 atom stereocenters. The number of halogens is 2. The zero-order valence-corrected chi connectivity index (χ0v) is 10.2. The lowest BCUT2D eigenvalue weighted by atomic mass is 10.3. The molecule has 1 saturated heterocycles.